The lowest BCUT2D eigenvalue weighted by Gasteiger charge is -2.27. The summed E-state index contributed by atoms with van der Waals surface area (Å²) >= 11 is 5.93. The minimum atomic E-state index is -3.15. The highest BCUT2D eigenvalue weighted by atomic mass is 35.5. The number of carbonyl (C=O) groups is 1. The first-order valence-electron chi connectivity index (χ1n) is 10.2. The Balaban J connectivity index is 1.61. The summed E-state index contributed by atoms with van der Waals surface area (Å²) in [4.78, 5) is 15.0. The first-order chi connectivity index (χ1) is 14.8. The van der Waals surface area contributed by atoms with E-state index in [2.05, 4.69) is 12.1 Å². The van der Waals surface area contributed by atoms with Gasteiger partial charge in [-0.1, -0.05) is 47.9 Å². The molecular weight excluding hydrogens is 436 g/mol. The Morgan fingerprint density at radius 2 is 1.81 bits per heavy atom. The molecule has 1 aromatic heterocycles. The average molecular weight is 459 g/mol. The third kappa shape index (κ3) is 4.99. The molecule has 0 bridgehead atoms. The number of hydrogen-bond donors (Lipinski definition) is 0. The van der Waals surface area contributed by atoms with Gasteiger partial charge in [-0.3, -0.25) is 4.79 Å². The molecule has 1 aliphatic heterocycles. The maximum Gasteiger partial charge on any atom is 0.276 e. The van der Waals surface area contributed by atoms with Crippen molar-refractivity contribution in [2.45, 2.75) is 32.4 Å². The average Bonchev–Trinajstić information content (AvgIpc) is 3.39. The zero-order chi connectivity index (χ0) is 22.0. The van der Waals surface area contributed by atoms with Crippen LogP contribution in [0.1, 0.15) is 35.0 Å². The van der Waals surface area contributed by atoms with Crippen LogP contribution in [0, 0.1) is 0 Å². The second-order valence-electron chi connectivity index (χ2n) is 7.74. The summed E-state index contributed by atoms with van der Waals surface area (Å²) in [7, 11) is -3.15. The van der Waals surface area contributed by atoms with E-state index in [4.69, 9.17) is 16.1 Å². The minimum absolute atomic E-state index is 0.0341. The van der Waals surface area contributed by atoms with Gasteiger partial charge in [-0.25, -0.2) is 8.42 Å². The van der Waals surface area contributed by atoms with Crippen molar-refractivity contribution in [2.24, 2.45) is 0 Å². The number of carbonyl (C=O) groups excluding carboxylic acids is 1. The molecule has 8 heteroatoms. The normalized spacial score (nSPS) is 17.5. The molecule has 1 saturated heterocycles. The smallest absolute Gasteiger partial charge is 0.276 e. The van der Waals surface area contributed by atoms with E-state index in [0.717, 1.165) is 17.5 Å². The van der Waals surface area contributed by atoms with Crippen LogP contribution < -0.4 is 0 Å². The molecule has 3 aromatic rings. The molecule has 1 amide bonds. The zero-order valence-electron chi connectivity index (χ0n) is 17.1. The van der Waals surface area contributed by atoms with Crippen molar-refractivity contribution in [3.63, 3.8) is 0 Å². The van der Waals surface area contributed by atoms with Gasteiger partial charge in [0.25, 0.3) is 5.91 Å². The number of aryl methyl sites for hydroxylation is 1. The van der Waals surface area contributed by atoms with Crippen LogP contribution in [0.2, 0.25) is 5.02 Å². The van der Waals surface area contributed by atoms with Gasteiger partial charge in [-0.05, 0) is 48.2 Å². The summed E-state index contributed by atoms with van der Waals surface area (Å²) < 4.78 is 29.5. The molecule has 0 aliphatic carbocycles. The molecule has 6 nitrogen and oxygen atoms in total. The van der Waals surface area contributed by atoms with Gasteiger partial charge in [0.1, 0.15) is 0 Å². The molecule has 0 saturated carbocycles. The predicted molar refractivity (Wildman–Crippen MR) is 120 cm³/mol. The first kappa shape index (κ1) is 21.6. The van der Waals surface area contributed by atoms with Crippen LogP contribution in [-0.2, 0) is 22.8 Å². The van der Waals surface area contributed by atoms with Crippen molar-refractivity contribution >= 4 is 27.3 Å². The third-order valence-electron chi connectivity index (χ3n) is 5.55. The highest BCUT2D eigenvalue weighted by Crippen LogP contribution is 2.26. The van der Waals surface area contributed by atoms with Crippen LogP contribution in [-0.4, -0.2) is 41.9 Å². The van der Waals surface area contributed by atoms with Crippen LogP contribution in [0.15, 0.2) is 59.1 Å². The van der Waals surface area contributed by atoms with Gasteiger partial charge in [0.15, 0.2) is 21.3 Å². The number of amides is 1. The standard InChI is InChI=1S/C23H23ClN2O4S/c1-2-16-3-5-17(6-4-16)14-26(20-11-12-31(28,29)15-20)23(27)21-13-22(30-25-21)18-7-9-19(24)10-8-18/h3-10,13,20H,2,11-12,14-15H2,1H3. The number of nitrogens with zero attached hydrogens (tertiary/aromatic N) is 2. The van der Waals surface area contributed by atoms with E-state index >= 15 is 0 Å². The summed E-state index contributed by atoms with van der Waals surface area (Å²) in [5, 5.41) is 4.56. The Morgan fingerprint density at radius 3 is 2.42 bits per heavy atom. The lowest BCUT2D eigenvalue weighted by Crippen LogP contribution is -2.40. The topological polar surface area (TPSA) is 80.5 Å². The Morgan fingerprint density at radius 1 is 1.13 bits per heavy atom. The molecule has 2 aromatic carbocycles. The van der Waals surface area contributed by atoms with Crippen LogP contribution in [0.4, 0.5) is 0 Å². The van der Waals surface area contributed by atoms with Gasteiger partial charge >= 0.3 is 0 Å². The Kier molecular flexibility index (Phi) is 6.16. The number of halogens is 1. The van der Waals surface area contributed by atoms with Crippen molar-refractivity contribution in [1.82, 2.24) is 10.1 Å². The number of aromatic nitrogens is 1. The van der Waals surface area contributed by atoms with E-state index in [1.807, 2.05) is 24.3 Å². The lowest BCUT2D eigenvalue weighted by molar-refractivity contribution is 0.0670. The summed E-state index contributed by atoms with van der Waals surface area (Å²) in [5.41, 5.74) is 3.05. The molecule has 4 rings (SSSR count). The minimum Gasteiger partial charge on any atom is -0.355 e. The van der Waals surface area contributed by atoms with Crippen molar-refractivity contribution in [3.05, 3.63) is 76.4 Å². The zero-order valence-corrected chi connectivity index (χ0v) is 18.7. The highest BCUT2D eigenvalue weighted by Gasteiger charge is 2.36. The fourth-order valence-corrected chi connectivity index (χ4v) is 5.60. The molecule has 162 valence electrons. The van der Waals surface area contributed by atoms with E-state index in [1.54, 1.807) is 35.2 Å². The van der Waals surface area contributed by atoms with Crippen LogP contribution in [0.5, 0.6) is 0 Å². The Hall–Kier alpha value is -2.64. The Bertz CT molecular complexity index is 1170. The number of hydrogen-bond acceptors (Lipinski definition) is 5. The van der Waals surface area contributed by atoms with Crippen LogP contribution in [0.25, 0.3) is 11.3 Å². The van der Waals surface area contributed by atoms with Gasteiger partial charge in [0, 0.05) is 29.2 Å². The van der Waals surface area contributed by atoms with Crippen molar-refractivity contribution in [3.8, 4) is 11.3 Å². The van der Waals surface area contributed by atoms with Gasteiger partial charge < -0.3 is 9.42 Å². The van der Waals surface area contributed by atoms with E-state index in [9.17, 15) is 13.2 Å². The highest BCUT2D eigenvalue weighted by molar-refractivity contribution is 7.91. The SMILES string of the molecule is CCc1ccc(CN(C(=O)c2cc(-c3ccc(Cl)cc3)on2)C2CCS(=O)(=O)C2)cc1. The fraction of sp³-hybridized carbons (Fsp3) is 0.304. The fourth-order valence-electron chi connectivity index (χ4n) is 3.74. The van der Waals surface area contributed by atoms with Crippen LogP contribution in [0.3, 0.4) is 0 Å². The molecule has 0 spiro atoms. The molecule has 31 heavy (non-hydrogen) atoms. The predicted octanol–water partition coefficient (Wildman–Crippen LogP) is 4.39. The summed E-state index contributed by atoms with van der Waals surface area (Å²) in [6.07, 6.45) is 1.35. The summed E-state index contributed by atoms with van der Waals surface area (Å²) in [5.74, 6) is 0.163. The van der Waals surface area contributed by atoms with Gasteiger partial charge in [-0.2, -0.15) is 0 Å². The van der Waals surface area contributed by atoms with Crippen LogP contribution >= 0.6 is 11.6 Å². The lowest BCUT2D eigenvalue weighted by atomic mass is 10.1. The maximum absolute atomic E-state index is 13.4. The molecule has 1 aliphatic rings. The second-order valence-corrected chi connectivity index (χ2v) is 10.4. The van der Waals surface area contributed by atoms with Crippen molar-refractivity contribution in [2.75, 3.05) is 11.5 Å². The molecular formula is C23H23ClN2O4S. The molecule has 1 atom stereocenters. The monoisotopic (exact) mass is 458 g/mol. The van der Waals surface area contributed by atoms with Gasteiger partial charge in [0.2, 0.25) is 0 Å². The Labute approximate surface area is 186 Å². The van der Waals surface area contributed by atoms with E-state index in [-0.39, 0.29) is 29.1 Å². The van der Waals surface area contributed by atoms with Gasteiger partial charge in [-0.15, -0.1) is 0 Å². The first-order valence-corrected chi connectivity index (χ1v) is 12.4. The van der Waals surface area contributed by atoms with Gasteiger partial charge in [0.05, 0.1) is 11.5 Å². The molecule has 0 N–H and O–H groups in total. The number of benzene rings is 2. The molecule has 2 heterocycles. The van der Waals surface area contributed by atoms with Crippen molar-refractivity contribution < 1.29 is 17.7 Å². The third-order valence-corrected chi connectivity index (χ3v) is 7.55. The molecule has 1 unspecified atom stereocenters. The largest absolute Gasteiger partial charge is 0.355 e. The summed E-state index contributed by atoms with van der Waals surface area (Å²) in [6.45, 7) is 2.39. The van der Waals surface area contributed by atoms with E-state index in [0.29, 0.717) is 23.7 Å². The summed E-state index contributed by atoms with van der Waals surface area (Å²) in [6, 6.07) is 16.2. The molecule has 1 fully saturated rings. The van der Waals surface area contributed by atoms with E-state index in [1.165, 1.54) is 5.56 Å². The second kappa shape index (κ2) is 8.85. The quantitative estimate of drug-likeness (QED) is 0.547. The molecule has 0 radical (unpaired) electrons. The van der Waals surface area contributed by atoms with E-state index < -0.39 is 9.84 Å². The van der Waals surface area contributed by atoms with Crippen molar-refractivity contribution in [1.29, 1.82) is 0 Å². The number of sulfone groups is 1. The maximum atomic E-state index is 13.4. The number of rotatable bonds is 6.